The van der Waals surface area contributed by atoms with E-state index >= 15 is 0 Å². The predicted octanol–water partition coefficient (Wildman–Crippen LogP) is 3.77. The smallest absolute Gasteiger partial charge is 0.124 e. The summed E-state index contributed by atoms with van der Waals surface area (Å²) >= 11 is 5.96. The first-order valence-electron chi connectivity index (χ1n) is 6.03. The van der Waals surface area contributed by atoms with Crippen molar-refractivity contribution in [1.29, 1.82) is 0 Å². The highest BCUT2D eigenvalue weighted by Crippen LogP contribution is 2.24. The van der Waals surface area contributed by atoms with Gasteiger partial charge in [-0.2, -0.15) is 0 Å². The fourth-order valence-corrected chi connectivity index (χ4v) is 2.32. The van der Waals surface area contributed by atoms with Crippen molar-refractivity contribution in [3.05, 3.63) is 63.7 Å². The van der Waals surface area contributed by atoms with Gasteiger partial charge in [0.25, 0.3) is 0 Å². The molecule has 0 amide bonds. The molecule has 19 heavy (non-hydrogen) atoms. The molecule has 0 bridgehead atoms. The number of hydrogen-bond donors (Lipinski definition) is 1. The van der Waals surface area contributed by atoms with E-state index in [9.17, 15) is 9.50 Å². The van der Waals surface area contributed by atoms with E-state index in [1.807, 2.05) is 26.0 Å². The normalized spacial score (nSPS) is 12.5. The number of aliphatic hydroxyl groups excluding tert-OH is 1. The Bertz CT molecular complexity index is 580. The molecule has 0 spiro atoms. The number of nitrogens with zero attached hydrogens (tertiary/aromatic N) is 1. The molecule has 1 aromatic heterocycles. The molecule has 100 valence electrons. The van der Waals surface area contributed by atoms with Crippen LogP contribution in [0.1, 0.15) is 28.6 Å². The number of rotatable bonds is 3. The maximum Gasteiger partial charge on any atom is 0.124 e. The molecule has 0 aliphatic carbocycles. The van der Waals surface area contributed by atoms with Gasteiger partial charge in [0.2, 0.25) is 0 Å². The maximum absolute atomic E-state index is 13.0. The molecule has 4 heteroatoms. The van der Waals surface area contributed by atoms with Gasteiger partial charge in [-0.1, -0.05) is 17.7 Å². The van der Waals surface area contributed by atoms with Crippen LogP contribution in [0.5, 0.6) is 0 Å². The van der Waals surface area contributed by atoms with Crippen molar-refractivity contribution in [2.75, 3.05) is 0 Å². The second-order valence-electron chi connectivity index (χ2n) is 4.64. The highest BCUT2D eigenvalue weighted by molar-refractivity contribution is 6.31. The molecule has 0 aliphatic rings. The molecule has 1 atom stereocenters. The summed E-state index contributed by atoms with van der Waals surface area (Å²) in [7, 11) is 0. The quantitative estimate of drug-likeness (QED) is 0.928. The molecule has 1 N–H and O–H groups in total. The van der Waals surface area contributed by atoms with Crippen LogP contribution < -0.4 is 0 Å². The summed E-state index contributed by atoms with van der Waals surface area (Å²) in [6.07, 6.45) is -0.328. The van der Waals surface area contributed by atoms with Gasteiger partial charge in [0.1, 0.15) is 5.82 Å². The summed E-state index contributed by atoms with van der Waals surface area (Å²) in [6, 6.07) is 7.88. The molecule has 2 nitrogen and oxygen atoms in total. The van der Waals surface area contributed by atoms with E-state index in [0.717, 1.165) is 22.5 Å². The van der Waals surface area contributed by atoms with E-state index in [1.54, 1.807) is 6.07 Å². The van der Waals surface area contributed by atoms with Crippen LogP contribution in [0.2, 0.25) is 5.02 Å². The number of halogens is 2. The second kappa shape index (κ2) is 5.68. The minimum atomic E-state index is -0.677. The Hall–Kier alpha value is -1.45. The van der Waals surface area contributed by atoms with E-state index in [2.05, 4.69) is 4.98 Å². The van der Waals surface area contributed by atoms with Crippen LogP contribution >= 0.6 is 11.6 Å². The molecule has 0 saturated heterocycles. The van der Waals surface area contributed by atoms with Crippen LogP contribution in [0.3, 0.4) is 0 Å². The average Bonchev–Trinajstić information content (AvgIpc) is 2.31. The molecular weight excluding hydrogens is 265 g/mol. The third-order valence-electron chi connectivity index (χ3n) is 2.92. The lowest BCUT2D eigenvalue weighted by Gasteiger charge is -2.13. The Morgan fingerprint density at radius 1 is 1.21 bits per heavy atom. The zero-order valence-corrected chi connectivity index (χ0v) is 11.6. The summed E-state index contributed by atoms with van der Waals surface area (Å²) in [6.45, 7) is 3.77. The fourth-order valence-electron chi connectivity index (χ4n) is 2.07. The van der Waals surface area contributed by atoms with E-state index in [4.69, 9.17) is 11.6 Å². The Labute approximate surface area is 116 Å². The SMILES string of the molecule is Cc1cc(C(O)Cc2ccc(F)cc2Cl)cc(C)n1. The lowest BCUT2D eigenvalue weighted by molar-refractivity contribution is 0.178. The van der Waals surface area contributed by atoms with Gasteiger partial charge in [-0.15, -0.1) is 0 Å². The van der Waals surface area contributed by atoms with Gasteiger partial charge in [-0.05, 0) is 49.2 Å². The van der Waals surface area contributed by atoms with Crippen LogP contribution in [-0.2, 0) is 6.42 Å². The molecule has 2 rings (SSSR count). The maximum atomic E-state index is 13.0. The molecule has 0 fully saturated rings. The molecule has 1 heterocycles. The predicted molar refractivity (Wildman–Crippen MR) is 73.8 cm³/mol. The van der Waals surface area contributed by atoms with Crippen LogP contribution in [0.15, 0.2) is 30.3 Å². The second-order valence-corrected chi connectivity index (χ2v) is 5.05. The molecule has 0 radical (unpaired) electrons. The van der Waals surface area contributed by atoms with Gasteiger partial charge in [-0.3, -0.25) is 4.98 Å². The lowest BCUT2D eigenvalue weighted by atomic mass is 10.0. The number of aromatic nitrogens is 1. The van der Waals surface area contributed by atoms with Crippen molar-refractivity contribution >= 4 is 11.6 Å². The molecule has 1 aromatic carbocycles. The highest BCUT2D eigenvalue weighted by Gasteiger charge is 2.12. The summed E-state index contributed by atoms with van der Waals surface area (Å²) in [4.78, 5) is 4.27. The van der Waals surface area contributed by atoms with Gasteiger partial charge in [0.15, 0.2) is 0 Å². The van der Waals surface area contributed by atoms with Crippen molar-refractivity contribution in [1.82, 2.24) is 4.98 Å². The average molecular weight is 280 g/mol. The third-order valence-corrected chi connectivity index (χ3v) is 3.27. The van der Waals surface area contributed by atoms with Crippen molar-refractivity contribution in [3.8, 4) is 0 Å². The zero-order valence-electron chi connectivity index (χ0n) is 10.8. The zero-order chi connectivity index (χ0) is 14.0. The Morgan fingerprint density at radius 2 is 1.84 bits per heavy atom. The van der Waals surface area contributed by atoms with Gasteiger partial charge >= 0.3 is 0 Å². The van der Waals surface area contributed by atoms with Crippen molar-refractivity contribution in [2.24, 2.45) is 0 Å². The van der Waals surface area contributed by atoms with E-state index in [-0.39, 0.29) is 5.82 Å². The molecule has 0 saturated carbocycles. The first kappa shape index (κ1) is 14.0. The minimum Gasteiger partial charge on any atom is -0.388 e. The topological polar surface area (TPSA) is 33.1 Å². The van der Waals surface area contributed by atoms with Gasteiger partial charge in [0.05, 0.1) is 6.10 Å². The number of pyridine rings is 1. The number of benzene rings is 1. The molecule has 0 aliphatic heterocycles. The van der Waals surface area contributed by atoms with Crippen molar-refractivity contribution in [3.63, 3.8) is 0 Å². The van der Waals surface area contributed by atoms with Gasteiger partial charge in [-0.25, -0.2) is 4.39 Å². The van der Waals surface area contributed by atoms with Gasteiger partial charge < -0.3 is 5.11 Å². The highest BCUT2D eigenvalue weighted by atomic mass is 35.5. The summed E-state index contributed by atoms with van der Waals surface area (Å²) < 4.78 is 13.0. The van der Waals surface area contributed by atoms with Crippen molar-refractivity contribution in [2.45, 2.75) is 26.4 Å². The number of aliphatic hydroxyl groups is 1. The van der Waals surface area contributed by atoms with Crippen LogP contribution in [0, 0.1) is 19.7 Å². The Kier molecular flexibility index (Phi) is 4.17. The summed E-state index contributed by atoms with van der Waals surface area (Å²) in [5, 5.41) is 10.6. The van der Waals surface area contributed by atoms with Crippen LogP contribution in [0.4, 0.5) is 4.39 Å². The van der Waals surface area contributed by atoms with E-state index < -0.39 is 6.10 Å². The largest absolute Gasteiger partial charge is 0.388 e. The molecule has 1 unspecified atom stereocenters. The first-order valence-corrected chi connectivity index (χ1v) is 6.40. The lowest BCUT2D eigenvalue weighted by Crippen LogP contribution is -2.04. The van der Waals surface area contributed by atoms with E-state index in [1.165, 1.54) is 12.1 Å². The van der Waals surface area contributed by atoms with Gasteiger partial charge in [0, 0.05) is 22.8 Å². The minimum absolute atomic E-state index is 0.335. The molecule has 2 aromatic rings. The monoisotopic (exact) mass is 279 g/mol. The number of hydrogen-bond acceptors (Lipinski definition) is 2. The van der Waals surface area contributed by atoms with E-state index in [0.29, 0.717) is 11.4 Å². The Balaban J connectivity index is 2.22. The van der Waals surface area contributed by atoms with Crippen LogP contribution in [-0.4, -0.2) is 10.1 Å². The fraction of sp³-hybridized carbons (Fsp3) is 0.267. The third kappa shape index (κ3) is 3.52. The Morgan fingerprint density at radius 3 is 2.42 bits per heavy atom. The summed E-state index contributed by atoms with van der Waals surface area (Å²) in [5.74, 6) is -0.376. The number of aryl methyl sites for hydroxylation is 2. The van der Waals surface area contributed by atoms with Crippen LogP contribution in [0.25, 0.3) is 0 Å². The van der Waals surface area contributed by atoms with Crippen molar-refractivity contribution < 1.29 is 9.50 Å². The first-order chi connectivity index (χ1) is 8.95. The standard InChI is InChI=1S/C15H15ClFNO/c1-9-5-12(6-10(2)18-9)15(19)7-11-3-4-13(17)8-14(11)16/h3-6,8,15,19H,7H2,1-2H3. The summed E-state index contributed by atoms with van der Waals surface area (Å²) in [5.41, 5.74) is 3.24. The molecular formula is C15H15ClFNO.